The van der Waals surface area contributed by atoms with Crippen molar-refractivity contribution in [1.82, 2.24) is 0 Å². The first-order chi connectivity index (χ1) is 5.29. The molecule has 0 aromatic rings. The standard InChI is InChI=1S/C9H16O2/c1-3-5-7-8(6-4-2)11-9(7)10/h7-8H,3-6H2,1-2H3. The third kappa shape index (κ3) is 1.73. The maximum absolute atomic E-state index is 10.9. The third-order valence-corrected chi connectivity index (χ3v) is 2.19. The van der Waals surface area contributed by atoms with E-state index < -0.39 is 0 Å². The highest BCUT2D eigenvalue weighted by atomic mass is 16.6. The Labute approximate surface area is 67.9 Å². The molecule has 1 saturated heterocycles. The summed E-state index contributed by atoms with van der Waals surface area (Å²) in [5.74, 6) is 0.241. The van der Waals surface area contributed by atoms with Crippen LogP contribution in [0.1, 0.15) is 39.5 Å². The predicted octanol–water partition coefficient (Wildman–Crippen LogP) is 2.13. The SMILES string of the molecule is CCCC1OC(=O)C1CCC. The van der Waals surface area contributed by atoms with E-state index in [1.165, 1.54) is 0 Å². The Morgan fingerprint density at radius 1 is 1.27 bits per heavy atom. The number of hydrogen-bond acceptors (Lipinski definition) is 2. The van der Waals surface area contributed by atoms with Gasteiger partial charge < -0.3 is 4.74 Å². The van der Waals surface area contributed by atoms with E-state index in [-0.39, 0.29) is 18.0 Å². The third-order valence-electron chi connectivity index (χ3n) is 2.19. The summed E-state index contributed by atoms with van der Waals surface area (Å²) in [4.78, 5) is 10.9. The largest absolute Gasteiger partial charge is 0.461 e. The number of hydrogen-bond donors (Lipinski definition) is 0. The van der Waals surface area contributed by atoms with Gasteiger partial charge in [0.1, 0.15) is 6.10 Å². The molecule has 1 fully saturated rings. The molecule has 1 heterocycles. The zero-order chi connectivity index (χ0) is 8.27. The first-order valence-corrected chi connectivity index (χ1v) is 4.50. The highest BCUT2D eigenvalue weighted by Crippen LogP contribution is 2.29. The molecule has 0 aromatic heterocycles. The number of ether oxygens (including phenoxy) is 1. The summed E-state index contributed by atoms with van der Waals surface area (Å²) in [6.45, 7) is 4.23. The van der Waals surface area contributed by atoms with E-state index in [0.717, 1.165) is 25.7 Å². The summed E-state index contributed by atoms with van der Waals surface area (Å²) in [5, 5.41) is 0. The van der Waals surface area contributed by atoms with Gasteiger partial charge in [0.05, 0.1) is 5.92 Å². The first kappa shape index (κ1) is 8.57. The van der Waals surface area contributed by atoms with Gasteiger partial charge in [0.25, 0.3) is 0 Å². The molecule has 0 radical (unpaired) electrons. The van der Waals surface area contributed by atoms with Crippen molar-refractivity contribution in [3.63, 3.8) is 0 Å². The molecule has 2 unspecified atom stereocenters. The van der Waals surface area contributed by atoms with E-state index in [1.807, 2.05) is 0 Å². The van der Waals surface area contributed by atoms with E-state index in [4.69, 9.17) is 4.74 Å². The topological polar surface area (TPSA) is 26.3 Å². The second-order valence-electron chi connectivity index (χ2n) is 3.16. The van der Waals surface area contributed by atoms with Crippen LogP contribution < -0.4 is 0 Å². The van der Waals surface area contributed by atoms with Gasteiger partial charge in [-0.3, -0.25) is 4.79 Å². The fourth-order valence-electron chi connectivity index (χ4n) is 1.56. The monoisotopic (exact) mass is 156 g/mol. The van der Waals surface area contributed by atoms with Gasteiger partial charge in [-0.25, -0.2) is 0 Å². The molecule has 0 amide bonds. The lowest BCUT2D eigenvalue weighted by Crippen LogP contribution is -2.44. The Bertz CT molecular complexity index is 142. The first-order valence-electron chi connectivity index (χ1n) is 4.50. The number of carbonyl (C=O) groups is 1. The Kier molecular flexibility index (Phi) is 2.92. The minimum atomic E-state index is 0.0188. The summed E-state index contributed by atoms with van der Waals surface area (Å²) >= 11 is 0. The fraction of sp³-hybridized carbons (Fsp3) is 0.889. The van der Waals surface area contributed by atoms with E-state index >= 15 is 0 Å². The van der Waals surface area contributed by atoms with Gasteiger partial charge in [0, 0.05) is 0 Å². The van der Waals surface area contributed by atoms with Crippen molar-refractivity contribution in [1.29, 1.82) is 0 Å². The van der Waals surface area contributed by atoms with Gasteiger partial charge in [0.15, 0.2) is 0 Å². The molecule has 1 aliphatic heterocycles. The van der Waals surface area contributed by atoms with Crippen molar-refractivity contribution in [2.45, 2.75) is 45.6 Å². The minimum absolute atomic E-state index is 0.0188. The Morgan fingerprint density at radius 3 is 2.36 bits per heavy atom. The number of esters is 1. The van der Waals surface area contributed by atoms with Crippen LogP contribution in [0.25, 0.3) is 0 Å². The molecule has 64 valence electrons. The number of rotatable bonds is 4. The van der Waals surface area contributed by atoms with Crippen molar-refractivity contribution in [2.75, 3.05) is 0 Å². The molecule has 0 saturated carbocycles. The van der Waals surface area contributed by atoms with Gasteiger partial charge in [-0.1, -0.05) is 26.7 Å². The van der Waals surface area contributed by atoms with E-state index in [2.05, 4.69) is 13.8 Å². The molecule has 0 aliphatic carbocycles. The van der Waals surface area contributed by atoms with E-state index in [1.54, 1.807) is 0 Å². The van der Waals surface area contributed by atoms with Crippen LogP contribution in [-0.2, 0) is 9.53 Å². The van der Waals surface area contributed by atoms with Crippen LogP contribution >= 0.6 is 0 Å². The highest BCUT2D eigenvalue weighted by Gasteiger charge is 2.40. The Hall–Kier alpha value is -0.530. The molecule has 1 aliphatic rings. The Morgan fingerprint density at radius 2 is 1.91 bits per heavy atom. The molecule has 11 heavy (non-hydrogen) atoms. The van der Waals surface area contributed by atoms with Gasteiger partial charge in [-0.05, 0) is 12.8 Å². The molecule has 0 spiro atoms. The van der Waals surface area contributed by atoms with Crippen molar-refractivity contribution < 1.29 is 9.53 Å². The summed E-state index contributed by atoms with van der Waals surface area (Å²) in [6.07, 6.45) is 4.48. The zero-order valence-corrected chi connectivity index (χ0v) is 7.30. The lowest BCUT2D eigenvalue weighted by Gasteiger charge is -2.34. The maximum atomic E-state index is 10.9. The van der Waals surface area contributed by atoms with Gasteiger partial charge >= 0.3 is 5.97 Å². The molecule has 0 bridgehead atoms. The van der Waals surface area contributed by atoms with Crippen molar-refractivity contribution in [3.8, 4) is 0 Å². The lowest BCUT2D eigenvalue weighted by molar-refractivity contribution is -0.185. The smallest absolute Gasteiger partial charge is 0.313 e. The highest BCUT2D eigenvalue weighted by molar-refractivity contribution is 5.78. The second-order valence-corrected chi connectivity index (χ2v) is 3.16. The van der Waals surface area contributed by atoms with E-state index in [0.29, 0.717) is 0 Å². The molecule has 0 N–H and O–H groups in total. The van der Waals surface area contributed by atoms with Crippen LogP contribution in [-0.4, -0.2) is 12.1 Å². The quantitative estimate of drug-likeness (QED) is 0.583. The zero-order valence-electron chi connectivity index (χ0n) is 7.30. The molecule has 1 rings (SSSR count). The average molecular weight is 156 g/mol. The van der Waals surface area contributed by atoms with Gasteiger partial charge in [-0.2, -0.15) is 0 Å². The van der Waals surface area contributed by atoms with Crippen molar-refractivity contribution in [3.05, 3.63) is 0 Å². The van der Waals surface area contributed by atoms with Crippen LogP contribution in [0, 0.1) is 5.92 Å². The lowest BCUT2D eigenvalue weighted by atomic mass is 9.89. The second kappa shape index (κ2) is 3.74. The van der Waals surface area contributed by atoms with Crippen LogP contribution in [0.2, 0.25) is 0 Å². The summed E-state index contributed by atoms with van der Waals surface area (Å²) in [6, 6.07) is 0. The maximum Gasteiger partial charge on any atom is 0.313 e. The molecular formula is C9H16O2. The van der Waals surface area contributed by atoms with Crippen molar-refractivity contribution in [2.24, 2.45) is 5.92 Å². The Balaban J connectivity index is 2.29. The number of cyclic esters (lactones) is 1. The molecular weight excluding hydrogens is 140 g/mol. The van der Waals surface area contributed by atoms with Crippen LogP contribution in [0.4, 0.5) is 0 Å². The molecule has 0 aromatic carbocycles. The predicted molar refractivity (Wildman–Crippen MR) is 43.2 cm³/mol. The summed E-state index contributed by atoms with van der Waals surface area (Å²) < 4.78 is 5.01. The number of carbonyl (C=O) groups excluding carboxylic acids is 1. The molecule has 2 atom stereocenters. The van der Waals surface area contributed by atoms with Crippen LogP contribution in [0.15, 0.2) is 0 Å². The van der Waals surface area contributed by atoms with Crippen LogP contribution in [0.3, 0.4) is 0 Å². The summed E-state index contributed by atoms with van der Waals surface area (Å²) in [7, 11) is 0. The molecule has 2 heteroatoms. The van der Waals surface area contributed by atoms with E-state index in [9.17, 15) is 4.79 Å². The van der Waals surface area contributed by atoms with Crippen LogP contribution in [0.5, 0.6) is 0 Å². The van der Waals surface area contributed by atoms with Crippen molar-refractivity contribution >= 4 is 5.97 Å². The van der Waals surface area contributed by atoms with Gasteiger partial charge in [-0.15, -0.1) is 0 Å². The van der Waals surface area contributed by atoms with Gasteiger partial charge in [0.2, 0.25) is 0 Å². The normalized spacial score (nSPS) is 29.5. The minimum Gasteiger partial charge on any atom is -0.461 e. The molecule has 2 nitrogen and oxygen atoms in total. The average Bonchev–Trinajstić information content (AvgIpc) is 2.00. The fourth-order valence-corrected chi connectivity index (χ4v) is 1.56. The summed E-state index contributed by atoms with van der Waals surface area (Å²) in [5.41, 5.74) is 0.